The van der Waals surface area contributed by atoms with Crippen LogP contribution in [0.15, 0.2) is 29.1 Å². The van der Waals surface area contributed by atoms with Gasteiger partial charge in [0.2, 0.25) is 0 Å². The molecule has 6 N–H and O–H groups in total. The number of aromatic nitrogens is 11. The molecule has 0 bridgehead atoms. The molecule has 5 aromatic heterocycles. The zero-order valence-corrected chi connectivity index (χ0v) is 33.7. The fraction of sp³-hybridized carbons (Fsp3) is 0.519. The average molecular weight is 824 g/mol. The Morgan fingerprint density at radius 1 is 0.736 bits per heavy atom. The van der Waals surface area contributed by atoms with Gasteiger partial charge in [0.15, 0.2) is 31.7 Å². The molecular formula is C27H37N17O4S5. The SMILES string of the molecule is CCCSc1nnc(N=Nc2c(C(C)(C)C)nn(-c3nc(O)nc(-n4nc(C(C)(C)C)c(N=Nc5nnc(SCCCS(=O)(=O)O)s5)c4N)n3)c2N)s1. The molecule has 0 amide bonds. The van der Waals surface area contributed by atoms with Crippen LogP contribution in [-0.2, 0) is 20.9 Å². The Bertz CT molecular complexity index is 2250. The van der Waals surface area contributed by atoms with Crippen molar-refractivity contribution in [2.24, 2.45) is 20.5 Å². The van der Waals surface area contributed by atoms with E-state index in [1.807, 2.05) is 41.5 Å². The topological polar surface area (TPSA) is 302 Å². The molecule has 5 heterocycles. The van der Waals surface area contributed by atoms with Crippen LogP contribution in [0, 0.1) is 0 Å². The molecule has 0 fully saturated rings. The molecule has 53 heavy (non-hydrogen) atoms. The first kappa shape index (κ1) is 40.0. The summed E-state index contributed by atoms with van der Waals surface area (Å²) in [6.45, 7) is 13.6. The summed E-state index contributed by atoms with van der Waals surface area (Å²) in [5.41, 5.74) is 13.4. The van der Waals surface area contributed by atoms with Crippen LogP contribution >= 0.6 is 46.2 Å². The van der Waals surface area contributed by atoms with E-state index >= 15 is 0 Å². The minimum absolute atomic E-state index is 0.00591. The van der Waals surface area contributed by atoms with Gasteiger partial charge in [0.25, 0.3) is 32.3 Å². The number of nitrogens with zero attached hydrogens (tertiary/aromatic N) is 15. The second kappa shape index (κ2) is 16.0. The first-order chi connectivity index (χ1) is 24.8. The van der Waals surface area contributed by atoms with Crippen molar-refractivity contribution in [1.29, 1.82) is 0 Å². The molecule has 0 aliphatic rings. The Hall–Kier alpha value is -4.24. The van der Waals surface area contributed by atoms with Gasteiger partial charge >= 0.3 is 6.01 Å². The molecule has 0 radical (unpaired) electrons. The van der Waals surface area contributed by atoms with Crippen molar-refractivity contribution in [3.05, 3.63) is 11.4 Å². The van der Waals surface area contributed by atoms with Crippen molar-refractivity contribution >= 4 is 89.6 Å². The third kappa shape index (κ3) is 10.0. The second-order valence-electron chi connectivity index (χ2n) is 13.2. The van der Waals surface area contributed by atoms with Crippen LogP contribution in [0.3, 0.4) is 0 Å². The first-order valence-electron chi connectivity index (χ1n) is 15.8. The average Bonchev–Trinajstić information content (AvgIpc) is 3.85. The van der Waals surface area contributed by atoms with Crippen molar-refractivity contribution < 1.29 is 18.1 Å². The molecule has 26 heteroatoms. The van der Waals surface area contributed by atoms with E-state index in [4.69, 9.17) is 16.0 Å². The van der Waals surface area contributed by atoms with Crippen LogP contribution in [0.2, 0.25) is 0 Å². The van der Waals surface area contributed by atoms with Crippen LogP contribution in [-0.4, -0.2) is 90.2 Å². The number of rotatable bonds is 14. The largest absolute Gasteiger partial charge is 0.479 e. The summed E-state index contributed by atoms with van der Waals surface area (Å²) in [5.74, 6) is 0.714. The predicted molar refractivity (Wildman–Crippen MR) is 203 cm³/mol. The Morgan fingerprint density at radius 3 is 1.60 bits per heavy atom. The van der Waals surface area contributed by atoms with Gasteiger partial charge in [-0.15, -0.1) is 40.9 Å². The third-order valence-corrected chi connectivity index (χ3v) is 11.6. The molecule has 5 rings (SSSR count). The summed E-state index contributed by atoms with van der Waals surface area (Å²) < 4.78 is 34.6. The molecule has 5 aromatic rings. The van der Waals surface area contributed by atoms with E-state index in [2.05, 4.69) is 72.9 Å². The molecule has 0 aliphatic carbocycles. The summed E-state index contributed by atoms with van der Waals surface area (Å²) in [4.78, 5) is 12.7. The maximum Gasteiger partial charge on any atom is 0.320 e. The van der Waals surface area contributed by atoms with E-state index in [1.165, 1.54) is 32.5 Å². The molecule has 0 saturated heterocycles. The molecule has 0 saturated carbocycles. The van der Waals surface area contributed by atoms with Crippen molar-refractivity contribution in [1.82, 2.24) is 54.9 Å². The molecule has 0 spiro atoms. The number of nitrogens with two attached hydrogens (primary N) is 2. The second-order valence-corrected chi connectivity index (χ2v) is 19.3. The highest BCUT2D eigenvalue weighted by Crippen LogP contribution is 2.40. The van der Waals surface area contributed by atoms with Crippen molar-refractivity contribution in [2.75, 3.05) is 28.7 Å². The first-order valence-corrected chi connectivity index (χ1v) is 21.0. The van der Waals surface area contributed by atoms with Crippen LogP contribution in [0.4, 0.5) is 33.3 Å². The van der Waals surface area contributed by atoms with E-state index < -0.39 is 27.0 Å². The van der Waals surface area contributed by atoms with E-state index in [9.17, 15) is 13.5 Å². The third-order valence-electron chi connectivity index (χ3n) is 6.65. The lowest BCUT2D eigenvalue weighted by molar-refractivity contribution is 0.423. The lowest BCUT2D eigenvalue weighted by atomic mass is 9.91. The molecular weight excluding hydrogens is 787 g/mol. The van der Waals surface area contributed by atoms with Crippen LogP contribution in [0.25, 0.3) is 11.9 Å². The van der Waals surface area contributed by atoms with Crippen LogP contribution in [0.5, 0.6) is 6.01 Å². The lowest BCUT2D eigenvalue weighted by Gasteiger charge is -2.15. The van der Waals surface area contributed by atoms with Crippen molar-refractivity contribution in [2.45, 2.75) is 80.8 Å². The van der Waals surface area contributed by atoms with Gasteiger partial charge in [-0.05, 0) is 12.8 Å². The van der Waals surface area contributed by atoms with E-state index in [1.54, 1.807) is 11.8 Å². The Kier molecular flexibility index (Phi) is 12.1. The van der Waals surface area contributed by atoms with Crippen LogP contribution < -0.4 is 11.5 Å². The number of azo groups is 2. The van der Waals surface area contributed by atoms with Gasteiger partial charge in [0.1, 0.15) is 0 Å². The van der Waals surface area contributed by atoms with Crippen LogP contribution in [0.1, 0.15) is 72.7 Å². The number of anilines is 2. The number of hydrogen-bond acceptors (Lipinski definition) is 22. The summed E-state index contributed by atoms with van der Waals surface area (Å²) in [5, 5.41) is 54.1. The minimum Gasteiger partial charge on any atom is -0.479 e. The van der Waals surface area contributed by atoms with E-state index in [-0.39, 0.29) is 52.2 Å². The van der Waals surface area contributed by atoms with Gasteiger partial charge in [-0.1, -0.05) is 94.7 Å². The zero-order valence-electron chi connectivity index (χ0n) is 29.7. The van der Waals surface area contributed by atoms with Gasteiger partial charge in [-0.3, -0.25) is 4.55 Å². The fourth-order valence-electron chi connectivity index (χ4n) is 4.27. The van der Waals surface area contributed by atoms with E-state index in [0.29, 0.717) is 26.6 Å². The maximum absolute atomic E-state index is 11.0. The predicted octanol–water partition coefficient (Wildman–Crippen LogP) is 6.11. The summed E-state index contributed by atoms with van der Waals surface area (Å²) in [6, 6.07) is -0.655. The summed E-state index contributed by atoms with van der Waals surface area (Å²) in [6.07, 6.45) is 1.23. The number of hydrogen-bond donors (Lipinski definition) is 4. The normalized spacial score (nSPS) is 12.9. The fourth-order valence-corrected chi connectivity index (χ4v) is 8.22. The van der Waals surface area contributed by atoms with Gasteiger partial charge in [0, 0.05) is 22.3 Å². The Morgan fingerprint density at radius 2 is 1.19 bits per heavy atom. The molecule has 21 nitrogen and oxygen atoms in total. The number of thioether (sulfide) groups is 2. The standard InChI is InChI=1S/C27H37N17O4S5/c1-8-10-49-24-39-37-22(51-24)35-33-13-15(26(2,3)4)41-43(17(13)28)19-30-20(32-21(45)31-19)44-18(29)14(16(42-44)27(5,6)7)34-36-23-38-40-25(52-23)50-11-9-12-53(46,47)48/h8-12,28-29H2,1-7H3,(H,46,47,48)(H,30,31,32,45). The van der Waals surface area contributed by atoms with Gasteiger partial charge < -0.3 is 16.6 Å². The molecule has 0 atom stereocenters. The van der Waals surface area contributed by atoms with Crippen molar-refractivity contribution in [3.63, 3.8) is 0 Å². The van der Waals surface area contributed by atoms with Crippen molar-refractivity contribution in [3.8, 4) is 17.9 Å². The number of aromatic hydroxyl groups is 1. The Labute approximate surface area is 320 Å². The highest BCUT2D eigenvalue weighted by Gasteiger charge is 2.30. The monoisotopic (exact) mass is 823 g/mol. The Balaban J connectivity index is 1.47. The smallest absolute Gasteiger partial charge is 0.320 e. The van der Waals surface area contributed by atoms with E-state index in [0.717, 1.165) is 27.9 Å². The summed E-state index contributed by atoms with van der Waals surface area (Å²) in [7, 11) is -4.04. The number of nitrogen functional groups attached to an aromatic ring is 2. The van der Waals surface area contributed by atoms with Gasteiger partial charge in [-0.2, -0.15) is 42.9 Å². The minimum atomic E-state index is -4.04. The quantitative estimate of drug-likeness (QED) is 0.0424. The highest BCUT2D eigenvalue weighted by atomic mass is 32.2. The maximum atomic E-state index is 11.0. The zero-order chi connectivity index (χ0) is 38.7. The molecule has 0 aliphatic heterocycles. The highest BCUT2D eigenvalue weighted by molar-refractivity contribution is 8.01. The molecule has 0 aromatic carbocycles. The molecule has 284 valence electrons. The lowest BCUT2D eigenvalue weighted by Crippen LogP contribution is -2.16. The van der Waals surface area contributed by atoms with Gasteiger partial charge in [-0.25, -0.2) is 0 Å². The summed E-state index contributed by atoms with van der Waals surface area (Å²) >= 11 is 5.31. The molecule has 0 unspecified atom stereocenters. The van der Waals surface area contributed by atoms with Gasteiger partial charge in [0.05, 0.1) is 17.1 Å².